The van der Waals surface area contributed by atoms with Gasteiger partial charge in [-0.2, -0.15) is 4.37 Å². The van der Waals surface area contributed by atoms with Crippen molar-refractivity contribution in [2.75, 3.05) is 0 Å². The van der Waals surface area contributed by atoms with E-state index in [0.29, 0.717) is 4.88 Å². The van der Waals surface area contributed by atoms with Gasteiger partial charge in [-0.25, -0.2) is 4.79 Å². The van der Waals surface area contributed by atoms with Crippen molar-refractivity contribution in [3.8, 4) is 0 Å². The summed E-state index contributed by atoms with van der Waals surface area (Å²) in [4.78, 5) is 10.9. The monoisotopic (exact) mass is 185 g/mol. The number of hydrogen-bond donors (Lipinski definition) is 1. The SMILES string of the molecule is O=C(O)c1snc2ccsc12. The summed E-state index contributed by atoms with van der Waals surface area (Å²) in [6.45, 7) is 0. The second-order valence-corrected chi connectivity index (χ2v) is 3.64. The number of carboxylic acids is 1. The van der Waals surface area contributed by atoms with E-state index in [0.717, 1.165) is 21.7 Å². The third kappa shape index (κ3) is 0.928. The molecule has 0 aromatic carbocycles. The predicted octanol–water partition coefficient (Wildman–Crippen LogP) is 2.06. The van der Waals surface area contributed by atoms with Gasteiger partial charge in [0.1, 0.15) is 0 Å². The number of aromatic carboxylic acids is 1. The van der Waals surface area contributed by atoms with Crippen molar-refractivity contribution in [3.63, 3.8) is 0 Å². The van der Waals surface area contributed by atoms with Crippen molar-refractivity contribution >= 4 is 39.1 Å². The van der Waals surface area contributed by atoms with Crippen LogP contribution in [0.2, 0.25) is 0 Å². The van der Waals surface area contributed by atoms with Gasteiger partial charge < -0.3 is 5.11 Å². The molecule has 0 spiro atoms. The normalized spacial score (nSPS) is 10.5. The zero-order chi connectivity index (χ0) is 7.84. The van der Waals surface area contributed by atoms with Crippen molar-refractivity contribution in [1.82, 2.24) is 4.37 Å². The molecule has 0 amide bonds. The van der Waals surface area contributed by atoms with E-state index in [-0.39, 0.29) is 0 Å². The Balaban J connectivity index is 2.78. The number of hydrogen-bond acceptors (Lipinski definition) is 4. The third-order valence-corrected chi connectivity index (χ3v) is 3.18. The lowest BCUT2D eigenvalue weighted by molar-refractivity contribution is 0.0704. The minimum absolute atomic E-state index is 0.343. The Morgan fingerprint density at radius 2 is 2.45 bits per heavy atom. The average molecular weight is 185 g/mol. The molecule has 2 aromatic heterocycles. The molecule has 1 N–H and O–H groups in total. The maximum atomic E-state index is 10.6. The zero-order valence-corrected chi connectivity index (χ0v) is 6.91. The predicted molar refractivity (Wildman–Crippen MR) is 44.5 cm³/mol. The highest BCUT2D eigenvalue weighted by molar-refractivity contribution is 7.22. The number of nitrogens with zero attached hydrogens (tertiary/aromatic N) is 1. The van der Waals surface area contributed by atoms with Crippen LogP contribution >= 0.6 is 22.9 Å². The van der Waals surface area contributed by atoms with Crippen LogP contribution in [0.25, 0.3) is 10.2 Å². The van der Waals surface area contributed by atoms with E-state index in [1.165, 1.54) is 11.3 Å². The van der Waals surface area contributed by atoms with E-state index in [2.05, 4.69) is 4.37 Å². The molecule has 0 fully saturated rings. The van der Waals surface area contributed by atoms with Gasteiger partial charge in [-0.15, -0.1) is 11.3 Å². The molecule has 2 heterocycles. The highest BCUT2D eigenvalue weighted by Gasteiger charge is 2.12. The molecular weight excluding hydrogens is 182 g/mol. The first-order valence-electron chi connectivity index (χ1n) is 2.85. The van der Waals surface area contributed by atoms with Gasteiger partial charge in [0.15, 0.2) is 4.88 Å². The van der Waals surface area contributed by atoms with Gasteiger partial charge in [0.25, 0.3) is 0 Å². The summed E-state index contributed by atoms with van der Waals surface area (Å²) in [7, 11) is 0. The molecule has 0 aliphatic rings. The standard InChI is InChI=1S/C6H3NO2S2/c8-6(9)5-4-3(7-11-5)1-2-10-4/h1-2H,(H,8,9). The fourth-order valence-corrected chi connectivity index (χ4v) is 2.50. The molecule has 2 rings (SSSR count). The highest BCUT2D eigenvalue weighted by Crippen LogP contribution is 2.27. The largest absolute Gasteiger partial charge is 0.477 e. The number of carbonyl (C=O) groups is 1. The molecule has 0 saturated heterocycles. The van der Waals surface area contributed by atoms with E-state index < -0.39 is 5.97 Å². The third-order valence-electron chi connectivity index (χ3n) is 1.28. The minimum atomic E-state index is -0.889. The molecule has 3 nitrogen and oxygen atoms in total. The summed E-state index contributed by atoms with van der Waals surface area (Å²) in [5, 5.41) is 10.5. The van der Waals surface area contributed by atoms with Gasteiger partial charge in [0.2, 0.25) is 0 Å². The van der Waals surface area contributed by atoms with E-state index >= 15 is 0 Å². The molecule has 56 valence electrons. The van der Waals surface area contributed by atoms with Crippen LogP contribution in [-0.4, -0.2) is 15.4 Å². The molecule has 0 aliphatic carbocycles. The molecule has 11 heavy (non-hydrogen) atoms. The molecule has 0 atom stereocenters. The first-order valence-corrected chi connectivity index (χ1v) is 4.50. The molecule has 0 aliphatic heterocycles. The summed E-state index contributed by atoms with van der Waals surface area (Å²) < 4.78 is 4.75. The van der Waals surface area contributed by atoms with Crippen LogP contribution in [0.5, 0.6) is 0 Å². The van der Waals surface area contributed by atoms with Gasteiger partial charge in [-0.1, -0.05) is 0 Å². The van der Waals surface area contributed by atoms with Gasteiger partial charge in [-0.05, 0) is 23.0 Å². The summed E-state index contributed by atoms with van der Waals surface area (Å²) in [6, 6.07) is 1.82. The van der Waals surface area contributed by atoms with Crippen LogP contribution in [0, 0.1) is 0 Å². The average Bonchev–Trinajstić information content (AvgIpc) is 2.41. The summed E-state index contributed by atoms with van der Waals surface area (Å²) in [6.07, 6.45) is 0. The first-order chi connectivity index (χ1) is 5.29. The lowest BCUT2D eigenvalue weighted by atomic mass is 10.4. The number of thiophene rings is 1. The van der Waals surface area contributed by atoms with Crippen molar-refractivity contribution in [3.05, 3.63) is 16.3 Å². The molecule has 0 unspecified atom stereocenters. The smallest absolute Gasteiger partial charge is 0.349 e. The molecule has 0 radical (unpaired) electrons. The Labute approximate surface area is 70.1 Å². The highest BCUT2D eigenvalue weighted by atomic mass is 32.1. The van der Waals surface area contributed by atoms with Crippen molar-refractivity contribution in [2.24, 2.45) is 0 Å². The minimum Gasteiger partial charge on any atom is -0.477 e. The molecular formula is C6H3NO2S2. The fourth-order valence-electron chi connectivity index (χ4n) is 0.817. The van der Waals surface area contributed by atoms with E-state index in [4.69, 9.17) is 5.11 Å². The second kappa shape index (κ2) is 2.28. The van der Waals surface area contributed by atoms with E-state index in [1.54, 1.807) is 0 Å². The van der Waals surface area contributed by atoms with Gasteiger partial charge in [0.05, 0.1) is 10.2 Å². The van der Waals surface area contributed by atoms with Crippen LogP contribution in [0.15, 0.2) is 11.4 Å². The first kappa shape index (κ1) is 6.75. The van der Waals surface area contributed by atoms with Crippen LogP contribution in [0.3, 0.4) is 0 Å². The van der Waals surface area contributed by atoms with Crippen molar-refractivity contribution < 1.29 is 9.90 Å². The number of rotatable bonds is 1. The van der Waals surface area contributed by atoms with Gasteiger partial charge in [-0.3, -0.25) is 0 Å². The number of fused-ring (bicyclic) bond motifs is 1. The Bertz CT molecular complexity index is 403. The van der Waals surface area contributed by atoms with Crippen molar-refractivity contribution in [2.45, 2.75) is 0 Å². The second-order valence-electron chi connectivity index (χ2n) is 1.95. The van der Waals surface area contributed by atoms with Crippen LogP contribution in [0.4, 0.5) is 0 Å². The molecule has 2 aromatic rings. The molecule has 0 bridgehead atoms. The van der Waals surface area contributed by atoms with Crippen LogP contribution in [-0.2, 0) is 0 Å². The zero-order valence-electron chi connectivity index (χ0n) is 5.27. The summed E-state index contributed by atoms with van der Waals surface area (Å²) in [5.74, 6) is -0.889. The Hall–Kier alpha value is -0.940. The summed E-state index contributed by atoms with van der Waals surface area (Å²) in [5.41, 5.74) is 0.789. The fraction of sp³-hybridized carbons (Fsp3) is 0. The van der Waals surface area contributed by atoms with Crippen LogP contribution in [0.1, 0.15) is 9.67 Å². The topological polar surface area (TPSA) is 50.2 Å². The van der Waals surface area contributed by atoms with Crippen molar-refractivity contribution in [1.29, 1.82) is 0 Å². The lowest BCUT2D eigenvalue weighted by Crippen LogP contribution is -1.90. The van der Waals surface area contributed by atoms with Gasteiger partial charge in [0, 0.05) is 0 Å². The maximum Gasteiger partial charge on any atom is 0.349 e. The van der Waals surface area contributed by atoms with E-state index in [1.807, 2.05) is 11.4 Å². The Morgan fingerprint density at radius 3 is 3.18 bits per heavy atom. The Morgan fingerprint density at radius 1 is 1.64 bits per heavy atom. The quantitative estimate of drug-likeness (QED) is 0.739. The van der Waals surface area contributed by atoms with Gasteiger partial charge >= 0.3 is 5.97 Å². The maximum absolute atomic E-state index is 10.6. The Kier molecular flexibility index (Phi) is 1.40. The molecule has 5 heteroatoms. The summed E-state index contributed by atoms with van der Waals surface area (Å²) >= 11 is 2.45. The van der Waals surface area contributed by atoms with E-state index in [9.17, 15) is 4.79 Å². The number of aromatic nitrogens is 1. The van der Waals surface area contributed by atoms with Crippen LogP contribution < -0.4 is 0 Å². The molecule has 0 saturated carbocycles. The lowest BCUT2D eigenvalue weighted by Gasteiger charge is -1.81. The number of carboxylic acid groups (broad SMARTS) is 1.